The number of alkyl halides is 3. The van der Waals surface area contributed by atoms with E-state index in [9.17, 15) is 21.6 Å². The van der Waals surface area contributed by atoms with E-state index >= 15 is 0 Å². The van der Waals surface area contributed by atoms with Crippen LogP contribution < -0.4 is 15.4 Å². The summed E-state index contributed by atoms with van der Waals surface area (Å²) in [6.45, 7) is 4.13. The molecule has 0 saturated carbocycles. The zero-order chi connectivity index (χ0) is 21.9. The Hall–Kier alpha value is -1.28. The smallest absolute Gasteiger partial charge is 0.422 e. The number of hydrogen-bond donors (Lipinski definition) is 2. The first kappa shape index (κ1) is 28.7. The van der Waals surface area contributed by atoms with Crippen LogP contribution in [0.25, 0.3) is 0 Å². The van der Waals surface area contributed by atoms with E-state index in [-0.39, 0.29) is 35.5 Å². The first-order chi connectivity index (χ1) is 13.6. The van der Waals surface area contributed by atoms with Gasteiger partial charge in [0, 0.05) is 26.7 Å². The molecule has 0 amide bonds. The van der Waals surface area contributed by atoms with Crippen molar-refractivity contribution < 1.29 is 26.3 Å². The Morgan fingerprint density at radius 3 is 2.33 bits per heavy atom. The Balaban J connectivity index is 0.00000841. The van der Waals surface area contributed by atoms with E-state index in [4.69, 9.17) is 0 Å². The average Bonchev–Trinajstić information content (AvgIpc) is 2.67. The molecule has 0 aliphatic carbocycles. The molecule has 12 heteroatoms. The highest BCUT2D eigenvalue weighted by Crippen LogP contribution is 2.19. The summed E-state index contributed by atoms with van der Waals surface area (Å²) in [4.78, 5) is 4.42. The number of halogens is 4. The molecule has 1 aromatic rings. The van der Waals surface area contributed by atoms with Crippen LogP contribution in [0.1, 0.15) is 25.8 Å². The Labute approximate surface area is 193 Å². The maximum absolute atomic E-state index is 12.2. The SMILES string of the molecule is CCNC(=NCc1ccc(OCC(F)(F)F)cc1)NCCCN(C)S(=O)(=O)CC.I. The second kappa shape index (κ2) is 13.9. The fourth-order valence-corrected chi connectivity index (χ4v) is 3.08. The molecular formula is C18H30F3IN4O3S. The molecule has 0 radical (unpaired) electrons. The van der Waals surface area contributed by atoms with Gasteiger partial charge in [0.05, 0.1) is 12.3 Å². The number of benzene rings is 1. The van der Waals surface area contributed by atoms with Crippen LogP contribution in [0.2, 0.25) is 0 Å². The zero-order valence-electron chi connectivity index (χ0n) is 17.3. The van der Waals surface area contributed by atoms with E-state index in [1.54, 1.807) is 26.1 Å². The van der Waals surface area contributed by atoms with Gasteiger partial charge in [-0.1, -0.05) is 12.1 Å². The maximum atomic E-state index is 12.2. The van der Waals surface area contributed by atoms with Crippen LogP contribution in [0, 0.1) is 0 Å². The van der Waals surface area contributed by atoms with Crippen molar-refractivity contribution in [2.75, 3.05) is 39.0 Å². The highest BCUT2D eigenvalue weighted by atomic mass is 127. The van der Waals surface area contributed by atoms with E-state index in [2.05, 4.69) is 20.4 Å². The number of nitrogens with zero attached hydrogens (tertiary/aromatic N) is 2. The van der Waals surface area contributed by atoms with Crippen molar-refractivity contribution >= 4 is 40.0 Å². The average molecular weight is 566 g/mol. The third kappa shape index (κ3) is 11.8. The monoisotopic (exact) mass is 566 g/mol. The van der Waals surface area contributed by atoms with Crippen LogP contribution in [-0.4, -0.2) is 63.9 Å². The van der Waals surface area contributed by atoms with Gasteiger partial charge in [-0.05, 0) is 38.0 Å². The van der Waals surface area contributed by atoms with Crippen LogP contribution >= 0.6 is 24.0 Å². The Kier molecular flexibility index (Phi) is 13.3. The Bertz CT molecular complexity index is 744. The molecule has 0 aliphatic rings. The van der Waals surface area contributed by atoms with E-state index in [1.165, 1.54) is 16.4 Å². The quantitative estimate of drug-likeness (QED) is 0.186. The van der Waals surface area contributed by atoms with Gasteiger partial charge in [0.2, 0.25) is 10.0 Å². The van der Waals surface area contributed by atoms with Gasteiger partial charge in [-0.15, -0.1) is 24.0 Å². The number of guanidine groups is 1. The van der Waals surface area contributed by atoms with E-state index in [0.717, 1.165) is 5.56 Å². The summed E-state index contributed by atoms with van der Waals surface area (Å²) in [5.74, 6) is 0.790. The van der Waals surface area contributed by atoms with Gasteiger partial charge >= 0.3 is 6.18 Å². The lowest BCUT2D eigenvalue weighted by molar-refractivity contribution is -0.153. The summed E-state index contributed by atoms with van der Waals surface area (Å²) < 4.78 is 65.9. The molecule has 0 aliphatic heterocycles. The van der Waals surface area contributed by atoms with Crippen LogP contribution in [0.15, 0.2) is 29.3 Å². The normalized spacial score (nSPS) is 12.4. The third-order valence-electron chi connectivity index (χ3n) is 3.87. The lowest BCUT2D eigenvalue weighted by atomic mass is 10.2. The number of ether oxygens (including phenoxy) is 1. The molecule has 0 bridgehead atoms. The van der Waals surface area contributed by atoms with Crippen molar-refractivity contribution in [1.82, 2.24) is 14.9 Å². The predicted molar refractivity (Wildman–Crippen MR) is 123 cm³/mol. The first-order valence-electron chi connectivity index (χ1n) is 9.32. The lowest BCUT2D eigenvalue weighted by Gasteiger charge is -2.16. The van der Waals surface area contributed by atoms with Gasteiger partial charge in [-0.2, -0.15) is 13.2 Å². The van der Waals surface area contributed by atoms with Crippen molar-refractivity contribution in [3.63, 3.8) is 0 Å². The standard InChI is InChI=1S/C18H29F3N4O3S.HI/c1-4-22-17(23-11-6-12-25(3)29(26,27)5-2)24-13-15-7-9-16(10-8-15)28-14-18(19,20)21;/h7-10H,4-6,11-14H2,1-3H3,(H2,22,23,24);1H. The summed E-state index contributed by atoms with van der Waals surface area (Å²) in [6, 6.07) is 6.26. The lowest BCUT2D eigenvalue weighted by Crippen LogP contribution is -2.39. The summed E-state index contributed by atoms with van der Waals surface area (Å²) >= 11 is 0. The summed E-state index contributed by atoms with van der Waals surface area (Å²) in [7, 11) is -1.63. The van der Waals surface area contributed by atoms with Crippen molar-refractivity contribution in [3.05, 3.63) is 29.8 Å². The van der Waals surface area contributed by atoms with Crippen LogP contribution in [-0.2, 0) is 16.6 Å². The fraction of sp³-hybridized carbons (Fsp3) is 0.611. The highest BCUT2D eigenvalue weighted by Gasteiger charge is 2.28. The van der Waals surface area contributed by atoms with Crippen molar-refractivity contribution in [1.29, 1.82) is 0 Å². The van der Waals surface area contributed by atoms with Crippen molar-refractivity contribution in [3.8, 4) is 5.75 Å². The summed E-state index contributed by atoms with van der Waals surface area (Å²) in [5.41, 5.74) is 0.815. The second-order valence-corrected chi connectivity index (χ2v) is 8.61. The minimum Gasteiger partial charge on any atom is -0.484 e. The van der Waals surface area contributed by atoms with Gasteiger partial charge in [0.25, 0.3) is 0 Å². The van der Waals surface area contributed by atoms with Gasteiger partial charge in [0.1, 0.15) is 5.75 Å². The van der Waals surface area contributed by atoms with Crippen molar-refractivity contribution in [2.24, 2.45) is 4.99 Å². The Morgan fingerprint density at radius 2 is 1.80 bits per heavy atom. The van der Waals surface area contributed by atoms with Crippen LogP contribution in [0.3, 0.4) is 0 Å². The van der Waals surface area contributed by atoms with E-state index < -0.39 is 22.8 Å². The fourth-order valence-electron chi connectivity index (χ4n) is 2.24. The summed E-state index contributed by atoms with van der Waals surface area (Å²) in [6.07, 6.45) is -3.75. The molecule has 1 rings (SSSR count). The van der Waals surface area contributed by atoms with Gasteiger partial charge in [-0.3, -0.25) is 0 Å². The van der Waals surface area contributed by atoms with Crippen LogP contribution in [0.5, 0.6) is 5.75 Å². The largest absolute Gasteiger partial charge is 0.484 e. The second-order valence-electron chi connectivity index (χ2n) is 6.25. The number of sulfonamides is 1. The van der Waals surface area contributed by atoms with E-state index in [1.807, 2.05) is 6.92 Å². The number of hydrogen-bond acceptors (Lipinski definition) is 4. The van der Waals surface area contributed by atoms with Crippen molar-refractivity contribution in [2.45, 2.75) is 33.0 Å². The van der Waals surface area contributed by atoms with E-state index in [0.29, 0.717) is 38.6 Å². The third-order valence-corrected chi connectivity index (χ3v) is 5.73. The number of rotatable bonds is 11. The molecule has 174 valence electrons. The molecule has 0 spiro atoms. The van der Waals surface area contributed by atoms with Gasteiger partial charge in [-0.25, -0.2) is 17.7 Å². The first-order valence-corrected chi connectivity index (χ1v) is 10.9. The molecule has 7 nitrogen and oxygen atoms in total. The molecule has 1 aromatic carbocycles. The summed E-state index contributed by atoms with van der Waals surface area (Å²) in [5, 5.41) is 6.22. The molecule has 2 N–H and O–H groups in total. The molecule has 0 unspecified atom stereocenters. The minimum absolute atomic E-state index is 0. The molecular weight excluding hydrogens is 536 g/mol. The zero-order valence-corrected chi connectivity index (χ0v) is 20.5. The Morgan fingerprint density at radius 1 is 1.17 bits per heavy atom. The maximum Gasteiger partial charge on any atom is 0.422 e. The molecule has 30 heavy (non-hydrogen) atoms. The molecule has 0 atom stereocenters. The predicted octanol–water partition coefficient (Wildman–Crippen LogP) is 2.97. The number of nitrogens with one attached hydrogen (secondary N) is 2. The highest BCUT2D eigenvalue weighted by molar-refractivity contribution is 14.0. The topological polar surface area (TPSA) is 83.0 Å². The van der Waals surface area contributed by atoms with Gasteiger partial charge in [0.15, 0.2) is 12.6 Å². The minimum atomic E-state index is -4.37. The van der Waals surface area contributed by atoms with Gasteiger partial charge < -0.3 is 15.4 Å². The molecule has 0 saturated heterocycles. The molecule has 0 fully saturated rings. The van der Waals surface area contributed by atoms with Crippen LogP contribution in [0.4, 0.5) is 13.2 Å². The molecule has 0 aromatic heterocycles. The molecule has 0 heterocycles. The number of aliphatic imine (C=N–C) groups is 1.